The number of carbonyl (C=O) groups is 1. The lowest BCUT2D eigenvalue weighted by atomic mass is 10.0. The number of fused-ring (bicyclic) bond motifs is 1. The lowest BCUT2D eigenvalue weighted by Gasteiger charge is -2.09. The van der Waals surface area contributed by atoms with Crippen molar-refractivity contribution < 1.29 is 4.79 Å². The summed E-state index contributed by atoms with van der Waals surface area (Å²) in [5.74, 6) is 1.13. The third-order valence-corrected chi connectivity index (χ3v) is 5.87. The van der Waals surface area contributed by atoms with E-state index in [1.807, 2.05) is 40.9 Å². The van der Waals surface area contributed by atoms with Gasteiger partial charge in [0.25, 0.3) is 0 Å². The zero-order valence-electron chi connectivity index (χ0n) is 17.5. The first-order valence-corrected chi connectivity index (χ1v) is 10.4. The second kappa shape index (κ2) is 7.13. The highest BCUT2D eigenvalue weighted by Crippen LogP contribution is 2.48. The summed E-state index contributed by atoms with van der Waals surface area (Å²) in [6, 6.07) is 20.8. The Balaban J connectivity index is 1.52. The molecule has 0 bridgehead atoms. The van der Waals surface area contributed by atoms with Crippen LogP contribution in [0.15, 0.2) is 66.9 Å². The summed E-state index contributed by atoms with van der Waals surface area (Å²) < 4.78 is 1.98. The van der Waals surface area contributed by atoms with E-state index in [9.17, 15) is 4.79 Å². The van der Waals surface area contributed by atoms with E-state index in [4.69, 9.17) is 4.98 Å². The van der Waals surface area contributed by atoms with Crippen LogP contribution in [0.1, 0.15) is 34.6 Å². The van der Waals surface area contributed by atoms with Gasteiger partial charge in [-0.15, -0.1) is 0 Å². The lowest BCUT2D eigenvalue weighted by molar-refractivity contribution is -0.117. The molecular formula is C26H25N3O. The number of anilines is 1. The number of hydrogen-bond donors (Lipinski definition) is 1. The first kappa shape index (κ1) is 18.6. The van der Waals surface area contributed by atoms with E-state index in [1.54, 1.807) is 0 Å². The van der Waals surface area contributed by atoms with E-state index in [1.165, 1.54) is 16.7 Å². The first-order chi connectivity index (χ1) is 14.5. The SMILES string of the molecule is Cc1cc(C)cc(-c2nc3cc(C)ccn3c2NC(=O)C2C[C@H]2c2ccccc2)c1. The van der Waals surface area contributed by atoms with E-state index < -0.39 is 0 Å². The van der Waals surface area contributed by atoms with Gasteiger partial charge in [0, 0.05) is 17.7 Å². The molecule has 4 aromatic rings. The van der Waals surface area contributed by atoms with Crippen molar-refractivity contribution in [2.45, 2.75) is 33.1 Å². The van der Waals surface area contributed by atoms with Crippen molar-refractivity contribution in [1.29, 1.82) is 0 Å². The van der Waals surface area contributed by atoms with Crippen LogP contribution in [-0.2, 0) is 4.79 Å². The zero-order chi connectivity index (χ0) is 20.8. The number of carbonyl (C=O) groups excluding carboxylic acids is 1. The Morgan fingerprint density at radius 2 is 1.70 bits per heavy atom. The molecule has 0 saturated heterocycles. The topological polar surface area (TPSA) is 46.4 Å². The standard InChI is InChI=1S/C26H25N3O/c1-16-9-10-29-23(14-16)27-24(20-12-17(2)11-18(3)13-20)25(29)28-26(30)22-15-21(22)19-7-5-4-6-8-19/h4-14,21-22H,15H2,1-3H3,(H,28,30)/t21-,22?/m0/s1. The molecule has 1 fully saturated rings. The molecule has 1 N–H and O–H groups in total. The molecule has 0 radical (unpaired) electrons. The van der Waals surface area contributed by atoms with Crippen LogP contribution in [0.3, 0.4) is 0 Å². The van der Waals surface area contributed by atoms with Gasteiger partial charge in [-0.25, -0.2) is 4.98 Å². The quantitative estimate of drug-likeness (QED) is 0.484. The molecule has 4 heteroatoms. The van der Waals surface area contributed by atoms with Crippen LogP contribution < -0.4 is 5.32 Å². The summed E-state index contributed by atoms with van der Waals surface area (Å²) in [6.45, 7) is 6.23. The molecule has 1 unspecified atom stereocenters. The van der Waals surface area contributed by atoms with E-state index >= 15 is 0 Å². The number of imidazole rings is 1. The molecule has 150 valence electrons. The van der Waals surface area contributed by atoms with Crippen molar-refractivity contribution in [3.8, 4) is 11.3 Å². The molecule has 0 spiro atoms. The minimum Gasteiger partial charge on any atom is -0.310 e. The van der Waals surface area contributed by atoms with Crippen LogP contribution in [0.4, 0.5) is 5.82 Å². The summed E-state index contributed by atoms with van der Waals surface area (Å²) in [4.78, 5) is 18.0. The monoisotopic (exact) mass is 395 g/mol. The minimum atomic E-state index is 0.00972. The number of pyridine rings is 1. The number of amides is 1. The summed E-state index contributed by atoms with van der Waals surface area (Å²) >= 11 is 0. The van der Waals surface area contributed by atoms with Crippen molar-refractivity contribution in [2.75, 3.05) is 5.32 Å². The smallest absolute Gasteiger partial charge is 0.229 e. The molecule has 1 saturated carbocycles. The maximum absolute atomic E-state index is 13.1. The Hall–Kier alpha value is -3.40. The number of rotatable bonds is 4. The van der Waals surface area contributed by atoms with E-state index in [2.05, 4.69) is 56.4 Å². The molecule has 4 nitrogen and oxygen atoms in total. The molecule has 30 heavy (non-hydrogen) atoms. The van der Waals surface area contributed by atoms with Crippen molar-refractivity contribution in [2.24, 2.45) is 5.92 Å². The summed E-state index contributed by atoms with van der Waals surface area (Å²) in [6.07, 6.45) is 2.88. The van der Waals surface area contributed by atoms with Gasteiger partial charge in [-0.1, -0.05) is 47.5 Å². The van der Waals surface area contributed by atoms with Crippen molar-refractivity contribution in [1.82, 2.24) is 9.38 Å². The van der Waals surface area contributed by atoms with Gasteiger partial charge in [0.05, 0.1) is 0 Å². The maximum atomic E-state index is 13.1. The zero-order valence-corrected chi connectivity index (χ0v) is 17.5. The fraction of sp³-hybridized carbons (Fsp3) is 0.231. The Morgan fingerprint density at radius 1 is 0.967 bits per heavy atom. The predicted octanol–water partition coefficient (Wildman–Crippen LogP) is 5.67. The van der Waals surface area contributed by atoms with Gasteiger partial charge >= 0.3 is 0 Å². The molecule has 5 rings (SSSR count). The predicted molar refractivity (Wildman–Crippen MR) is 121 cm³/mol. The van der Waals surface area contributed by atoms with Gasteiger partial charge in [0.15, 0.2) is 0 Å². The molecule has 2 atom stereocenters. The van der Waals surface area contributed by atoms with Gasteiger partial charge < -0.3 is 5.32 Å². The molecule has 1 aliphatic rings. The minimum absolute atomic E-state index is 0.00972. The Morgan fingerprint density at radius 3 is 2.43 bits per heavy atom. The van der Waals surface area contributed by atoms with Crippen molar-refractivity contribution in [3.05, 3.63) is 89.1 Å². The third kappa shape index (κ3) is 3.39. The summed E-state index contributed by atoms with van der Waals surface area (Å²) in [5, 5.41) is 3.21. The van der Waals surface area contributed by atoms with Crippen LogP contribution in [0.25, 0.3) is 16.9 Å². The number of benzene rings is 2. The number of nitrogens with one attached hydrogen (secondary N) is 1. The average molecular weight is 396 g/mol. The molecule has 2 heterocycles. The molecule has 0 aliphatic heterocycles. The van der Waals surface area contributed by atoms with Crippen LogP contribution >= 0.6 is 0 Å². The second-order valence-electron chi connectivity index (χ2n) is 8.47. The summed E-state index contributed by atoms with van der Waals surface area (Å²) in [7, 11) is 0. The number of nitrogens with zero attached hydrogens (tertiary/aromatic N) is 2. The molecular weight excluding hydrogens is 370 g/mol. The van der Waals surface area contributed by atoms with E-state index in [-0.39, 0.29) is 11.8 Å². The Bertz CT molecular complexity index is 1240. The highest BCUT2D eigenvalue weighted by atomic mass is 16.2. The number of hydrogen-bond acceptors (Lipinski definition) is 2. The van der Waals surface area contributed by atoms with Gasteiger partial charge in [-0.05, 0) is 68.5 Å². The highest BCUT2D eigenvalue weighted by molar-refractivity contribution is 5.98. The van der Waals surface area contributed by atoms with E-state index in [0.29, 0.717) is 5.92 Å². The van der Waals surface area contributed by atoms with Crippen LogP contribution in [0, 0.1) is 26.7 Å². The van der Waals surface area contributed by atoms with Gasteiger partial charge in [-0.2, -0.15) is 0 Å². The van der Waals surface area contributed by atoms with Crippen molar-refractivity contribution >= 4 is 17.4 Å². The first-order valence-electron chi connectivity index (χ1n) is 10.4. The van der Waals surface area contributed by atoms with Crippen LogP contribution in [0.5, 0.6) is 0 Å². The molecule has 1 amide bonds. The molecule has 1 aliphatic carbocycles. The molecule has 2 aromatic carbocycles. The lowest BCUT2D eigenvalue weighted by Crippen LogP contribution is -2.16. The summed E-state index contributed by atoms with van der Waals surface area (Å²) in [5.41, 5.74) is 7.43. The van der Waals surface area contributed by atoms with Crippen LogP contribution in [-0.4, -0.2) is 15.3 Å². The van der Waals surface area contributed by atoms with Gasteiger partial charge in [-0.3, -0.25) is 9.20 Å². The van der Waals surface area contributed by atoms with Crippen molar-refractivity contribution in [3.63, 3.8) is 0 Å². The highest BCUT2D eigenvalue weighted by Gasteiger charge is 2.44. The second-order valence-corrected chi connectivity index (χ2v) is 8.47. The fourth-order valence-electron chi connectivity index (χ4n) is 4.34. The van der Waals surface area contributed by atoms with Crippen LogP contribution in [0.2, 0.25) is 0 Å². The molecule has 2 aromatic heterocycles. The fourth-order valence-corrected chi connectivity index (χ4v) is 4.34. The number of aromatic nitrogens is 2. The Labute approximate surface area is 176 Å². The largest absolute Gasteiger partial charge is 0.310 e. The third-order valence-electron chi connectivity index (χ3n) is 5.87. The average Bonchev–Trinajstić information content (AvgIpc) is 3.45. The maximum Gasteiger partial charge on any atom is 0.229 e. The van der Waals surface area contributed by atoms with Gasteiger partial charge in [0.1, 0.15) is 17.2 Å². The van der Waals surface area contributed by atoms with E-state index in [0.717, 1.165) is 34.7 Å². The normalized spacial score (nSPS) is 17.8. The van der Waals surface area contributed by atoms with Gasteiger partial charge in [0.2, 0.25) is 5.91 Å². The number of aryl methyl sites for hydroxylation is 3. The Kier molecular flexibility index (Phi) is 4.43.